The second-order valence-corrected chi connectivity index (χ2v) is 6.29. The highest BCUT2D eigenvalue weighted by molar-refractivity contribution is 6.05. The molecule has 0 unspecified atom stereocenters. The van der Waals surface area contributed by atoms with Crippen LogP contribution in [-0.4, -0.2) is 36.1 Å². The van der Waals surface area contributed by atoms with Crippen LogP contribution in [0.1, 0.15) is 41.5 Å². The van der Waals surface area contributed by atoms with Gasteiger partial charge in [0, 0.05) is 11.1 Å². The molecule has 0 saturated heterocycles. The third-order valence-corrected chi connectivity index (χ3v) is 3.14. The third kappa shape index (κ3) is 2.57. The van der Waals surface area contributed by atoms with Crippen molar-refractivity contribution in [2.24, 2.45) is 9.98 Å². The summed E-state index contributed by atoms with van der Waals surface area (Å²) in [5.41, 5.74) is 1.76. The van der Waals surface area contributed by atoms with Crippen LogP contribution in [0, 0.1) is 0 Å². The lowest BCUT2D eigenvalue weighted by Gasteiger charge is -2.08. The highest BCUT2D eigenvalue weighted by atomic mass is 16.5. The Morgan fingerprint density at radius 3 is 1.39 bits per heavy atom. The number of hydrogen-bond acceptors (Lipinski definition) is 4. The monoisotopic (exact) mass is 250 g/mol. The van der Waals surface area contributed by atoms with Crippen LogP contribution in [0.5, 0.6) is 0 Å². The normalized spacial score (nSPS) is 25.9. The molecule has 2 aliphatic heterocycles. The lowest BCUT2D eigenvalue weighted by molar-refractivity contribution is 0.276. The van der Waals surface area contributed by atoms with Crippen molar-refractivity contribution in [2.45, 2.75) is 52.6 Å². The van der Waals surface area contributed by atoms with Gasteiger partial charge in [0.15, 0.2) is 0 Å². The first-order chi connectivity index (χ1) is 8.20. The first-order valence-electron chi connectivity index (χ1n) is 6.34. The first kappa shape index (κ1) is 13.1. The second kappa shape index (κ2) is 4.11. The molecular weight excluding hydrogens is 228 g/mol. The van der Waals surface area contributed by atoms with E-state index in [9.17, 15) is 0 Å². The van der Waals surface area contributed by atoms with Crippen LogP contribution < -0.4 is 0 Å². The molecule has 0 aliphatic carbocycles. The van der Waals surface area contributed by atoms with E-state index < -0.39 is 0 Å². The Bertz CT molecular complexity index is 414. The highest BCUT2D eigenvalue weighted by Gasteiger charge is 2.31. The van der Waals surface area contributed by atoms with Gasteiger partial charge in [-0.15, -0.1) is 0 Å². The molecule has 4 nitrogen and oxygen atoms in total. The van der Waals surface area contributed by atoms with E-state index in [0.29, 0.717) is 25.0 Å². The lowest BCUT2D eigenvalue weighted by atomic mass is 10.1. The molecule has 0 spiro atoms. The van der Waals surface area contributed by atoms with E-state index in [1.165, 1.54) is 0 Å². The van der Waals surface area contributed by atoms with Gasteiger partial charge >= 0.3 is 0 Å². The SMILES string of the molecule is CC(C1=NC(C)(C)CO1)=C(C)C1=NC(C)(C)CO1. The van der Waals surface area contributed by atoms with Crippen LogP contribution in [0.15, 0.2) is 21.1 Å². The predicted octanol–water partition coefficient (Wildman–Crippen LogP) is 2.74. The summed E-state index contributed by atoms with van der Waals surface area (Å²) in [6.07, 6.45) is 0. The Kier molecular flexibility index (Phi) is 2.99. The lowest BCUT2D eigenvalue weighted by Crippen LogP contribution is -2.17. The molecule has 0 atom stereocenters. The van der Waals surface area contributed by atoms with Crippen molar-refractivity contribution >= 4 is 11.8 Å². The number of aliphatic imine (C=N–C) groups is 2. The van der Waals surface area contributed by atoms with Crippen LogP contribution in [-0.2, 0) is 9.47 Å². The van der Waals surface area contributed by atoms with E-state index in [0.717, 1.165) is 11.1 Å². The van der Waals surface area contributed by atoms with E-state index >= 15 is 0 Å². The molecule has 0 fully saturated rings. The van der Waals surface area contributed by atoms with Crippen molar-refractivity contribution in [3.05, 3.63) is 11.1 Å². The molecule has 0 N–H and O–H groups in total. The third-order valence-electron chi connectivity index (χ3n) is 3.14. The molecule has 2 aliphatic rings. The minimum Gasteiger partial charge on any atom is -0.475 e. The number of rotatable bonds is 2. The van der Waals surface area contributed by atoms with Gasteiger partial charge in [0.2, 0.25) is 11.8 Å². The number of nitrogens with zero attached hydrogens (tertiary/aromatic N) is 2. The van der Waals surface area contributed by atoms with E-state index in [1.807, 2.05) is 13.8 Å². The van der Waals surface area contributed by atoms with Crippen LogP contribution in [0.4, 0.5) is 0 Å². The summed E-state index contributed by atoms with van der Waals surface area (Å²) in [6, 6.07) is 0. The fourth-order valence-electron chi connectivity index (χ4n) is 1.87. The maximum Gasteiger partial charge on any atom is 0.212 e. The Morgan fingerprint density at radius 2 is 1.17 bits per heavy atom. The van der Waals surface area contributed by atoms with E-state index in [1.54, 1.807) is 0 Å². The van der Waals surface area contributed by atoms with Crippen LogP contribution in [0.2, 0.25) is 0 Å². The molecule has 4 heteroatoms. The summed E-state index contributed by atoms with van der Waals surface area (Å²) in [5.74, 6) is 1.43. The number of hydrogen-bond donors (Lipinski definition) is 0. The topological polar surface area (TPSA) is 43.2 Å². The molecule has 0 amide bonds. The van der Waals surface area contributed by atoms with Crippen LogP contribution >= 0.6 is 0 Å². The quantitative estimate of drug-likeness (QED) is 0.756. The van der Waals surface area contributed by atoms with Gasteiger partial charge in [-0.25, -0.2) is 9.98 Å². The Morgan fingerprint density at radius 1 is 0.833 bits per heavy atom. The maximum absolute atomic E-state index is 5.64. The molecular formula is C14H22N2O2. The molecule has 0 aromatic heterocycles. The van der Waals surface area contributed by atoms with Gasteiger partial charge in [0.05, 0.1) is 11.1 Å². The zero-order chi connectivity index (χ0) is 13.6. The zero-order valence-electron chi connectivity index (χ0n) is 12.1. The molecule has 2 heterocycles. The van der Waals surface area contributed by atoms with Crippen molar-refractivity contribution in [3.63, 3.8) is 0 Å². The molecule has 100 valence electrons. The average Bonchev–Trinajstić information content (AvgIpc) is 2.79. The minimum absolute atomic E-state index is 0.130. The molecule has 0 aromatic carbocycles. The van der Waals surface area contributed by atoms with E-state index in [-0.39, 0.29) is 11.1 Å². The summed E-state index contributed by atoms with van der Waals surface area (Å²) in [7, 11) is 0. The van der Waals surface area contributed by atoms with Crippen molar-refractivity contribution in [2.75, 3.05) is 13.2 Å². The Balaban J connectivity index is 2.27. The van der Waals surface area contributed by atoms with Gasteiger partial charge in [0.25, 0.3) is 0 Å². The molecule has 2 rings (SSSR count). The van der Waals surface area contributed by atoms with Crippen LogP contribution in [0.25, 0.3) is 0 Å². The van der Waals surface area contributed by atoms with Crippen molar-refractivity contribution in [1.29, 1.82) is 0 Å². The Labute approximate surface area is 109 Å². The molecule has 0 bridgehead atoms. The summed E-state index contributed by atoms with van der Waals surface area (Å²) >= 11 is 0. The van der Waals surface area contributed by atoms with Gasteiger partial charge < -0.3 is 9.47 Å². The predicted molar refractivity (Wildman–Crippen MR) is 73.3 cm³/mol. The van der Waals surface area contributed by atoms with E-state index in [4.69, 9.17) is 9.47 Å². The fraction of sp³-hybridized carbons (Fsp3) is 0.714. The molecule has 0 radical (unpaired) electrons. The van der Waals surface area contributed by atoms with Crippen molar-refractivity contribution in [1.82, 2.24) is 0 Å². The first-order valence-corrected chi connectivity index (χ1v) is 6.34. The number of ether oxygens (including phenoxy) is 2. The van der Waals surface area contributed by atoms with Gasteiger partial charge in [-0.2, -0.15) is 0 Å². The van der Waals surface area contributed by atoms with Gasteiger partial charge in [0.1, 0.15) is 13.2 Å². The largest absolute Gasteiger partial charge is 0.475 e. The van der Waals surface area contributed by atoms with E-state index in [2.05, 4.69) is 37.7 Å². The minimum atomic E-state index is -0.130. The molecule has 0 saturated carbocycles. The summed E-state index contributed by atoms with van der Waals surface area (Å²) in [4.78, 5) is 9.15. The summed E-state index contributed by atoms with van der Waals surface area (Å²) in [6.45, 7) is 13.5. The fourth-order valence-corrected chi connectivity index (χ4v) is 1.87. The molecule has 18 heavy (non-hydrogen) atoms. The zero-order valence-corrected chi connectivity index (χ0v) is 12.1. The van der Waals surface area contributed by atoms with Gasteiger partial charge in [-0.05, 0) is 41.5 Å². The van der Waals surface area contributed by atoms with Crippen molar-refractivity contribution in [3.8, 4) is 0 Å². The molecule has 0 aromatic rings. The second-order valence-electron chi connectivity index (χ2n) is 6.29. The van der Waals surface area contributed by atoms with Crippen LogP contribution in [0.3, 0.4) is 0 Å². The summed E-state index contributed by atoms with van der Waals surface area (Å²) in [5, 5.41) is 0. The summed E-state index contributed by atoms with van der Waals surface area (Å²) < 4.78 is 11.3. The highest BCUT2D eigenvalue weighted by Crippen LogP contribution is 2.25. The smallest absolute Gasteiger partial charge is 0.212 e. The van der Waals surface area contributed by atoms with Crippen molar-refractivity contribution < 1.29 is 9.47 Å². The Hall–Kier alpha value is -1.32. The van der Waals surface area contributed by atoms with Gasteiger partial charge in [-0.3, -0.25) is 0 Å². The van der Waals surface area contributed by atoms with Gasteiger partial charge in [-0.1, -0.05) is 0 Å². The maximum atomic E-state index is 5.64. The standard InChI is InChI=1S/C14H22N2O2/c1-9(11-15-13(3,4)7-17-11)10(2)12-16-14(5,6)8-18-12/h7-8H2,1-6H3. The average molecular weight is 250 g/mol.